The summed E-state index contributed by atoms with van der Waals surface area (Å²) in [6.45, 7) is 2.81. The lowest BCUT2D eigenvalue weighted by molar-refractivity contribution is 0.163. The predicted octanol–water partition coefficient (Wildman–Crippen LogP) is 1.93. The zero-order chi connectivity index (χ0) is 12.9. The number of hydrogen-bond donors (Lipinski definition) is 3. The van der Waals surface area contributed by atoms with Gasteiger partial charge in [-0.15, -0.1) is 0 Å². The lowest BCUT2D eigenvalue weighted by Crippen LogP contribution is -2.22. The van der Waals surface area contributed by atoms with E-state index in [-0.39, 0.29) is 12.1 Å². The summed E-state index contributed by atoms with van der Waals surface area (Å²) in [6.07, 6.45) is 11.1. The quantitative estimate of drug-likeness (QED) is 0.236. The highest BCUT2D eigenvalue weighted by molar-refractivity contribution is 5.75. The molecular weight excluding hydrogens is 214 g/mol. The smallest absolute Gasteiger partial charge is 0.185 e. The van der Waals surface area contributed by atoms with Gasteiger partial charge in [0.15, 0.2) is 5.96 Å². The normalized spacial score (nSPS) is 12.8. The number of guanidine groups is 1. The van der Waals surface area contributed by atoms with Crippen molar-refractivity contribution >= 4 is 5.96 Å². The number of nitrogens with zero attached hydrogens (tertiary/aromatic N) is 1. The molecule has 0 amide bonds. The fourth-order valence-electron chi connectivity index (χ4n) is 1.56. The fourth-order valence-corrected chi connectivity index (χ4v) is 1.56. The lowest BCUT2D eigenvalue weighted by atomic mass is 10.1. The number of nitrogens with two attached hydrogens (primary N) is 2. The molecule has 0 aromatic carbocycles. The summed E-state index contributed by atoms with van der Waals surface area (Å²) >= 11 is 0. The molecule has 0 aromatic heterocycles. The van der Waals surface area contributed by atoms with Crippen molar-refractivity contribution in [1.29, 1.82) is 0 Å². The topological polar surface area (TPSA) is 84.6 Å². The maximum atomic E-state index is 9.67. The Morgan fingerprint density at radius 1 is 1.24 bits per heavy atom. The van der Waals surface area contributed by atoms with Gasteiger partial charge in [-0.3, -0.25) is 4.99 Å². The minimum absolute atomic E-state index is 0.134. The fraction of sp³-hybridized carbons (Fsp3) is 0.769. The van der Waals surface area contributed by atoms with Crippen LogP contribution >= 0.6 is 0 Å². The molecule has 4 nitrogen and oxygen atoms in total. The lowest BCUT2D eigenvalue weighted by Gasteiger charge is -2.06. The van der Waals surface area contributed by atoms with E-state index in [2.05, 4.69) is 11.9 Å². The number of rotatable bonds is 10. The van der Waals surface area contributed by atoms with E-state index in [4.69, 9.17) is 11.5 Å². The van der Waals surface area contributed by atoms with Gasteiger partial charge in [0, 0.05) is 6.54 Å². The highest BCUT2D eigenvalue weighted by atomic mass is 16.3. The maximum absolute atomic E-state index is 9.67. The summed E-state index contributed by atoms with van der Waals surface area (Å²) in [7, 11) is 0. The number of aliphatic hydroxyl groups excluding tert-OH is 1. The number of unbranched alkanes of at least 4 members (excludes halogenated alkanes) is 3. The molecule has 100 valence electrons. The third kappa shape index (κ3) is 12.9. The standard InChI is InChI=1S/C13H27N3O/c1-2-3-4-6-9-12(17)10-7-5-8-11-16-13(14)15/h5,7,12,17H,2-4,6,8-11H2,1H3,(H4,14,15,16)/b7-5+/t12-/m1/s1. The van der Waals surface area contributed by atoms with E-state index < -0.39 is 0 Å². The van der Waals surface area contributed by atoms with E-state index in [0.717, 1.165) is 25.7 Å². The van der Waals surface area contributed by atoms with Gasteiger partial charge in [0.25, 0.3) is 0 Å². The Morgan fingerprint density at radius 2 is 2.00 bits per heavy atom. The van der Waals surface area contributed by atoms with Crippen LogP contribution in [0.25, 0.3) is 0 Å². The van der Waals surface area contributed by atoms with E-state index in [1.165, 1.54) is 19.3 Å². The van der Waals surface area contributed by atoms with Crippen molar-refractivity contribution in [2.45, 2.75) is 58.0 Å². The van der Waals surface area contributed by atoms with Crippen molar-refractivity contribution in [3.05, 3.63) is 12.2 Å². The first-order chi connectivity index (χ1) is 8.16. The zero-order valence-corrected chi connectivity index (χ0v) is 10.9. The van der Waals surface area contributed by atoms with Gasteiger partial charge in [-0.2, -0.15) is 0 Å². The largest absolute Gasteiger partial charge is 0.393 e. The molecule has 4 heteroatoms. The highest BCUT2D eigenvalue weighted by Gasteiger charge is 2.00. The third-order valence-electron chi connectivity index (χ3n) is 2.56. The van der Waals surface area contributed by atoms with Crippen LogP contribution in [-0.2, 0) is 0 Å². The van der Waals surface area contributed by atoms with E-state index in [9.17, 15) is 5.11 Å². The van der Waals surface area contributed by atoms with Gasteiger partial charge in [0.2, 0.25) is 0 Å². The molecule has 0 rings (SSSR count). The Hall–Kier alpha value is -1.03. The molecule has 0 heterocycles. The first kappa shape index (κ1) is 16.0. The van der Waals surface area contributed by atoms with E-state index >= 15 is 0 Å². The summed E-state index contributed by atoms with van der Waals surface area (Å²) in [6, 6.07) is 0. The van der Waals surface area contributed by atoms with Gasteiger partial charge in [-0.05, 0) is 19.3 Å². The first-order valence-electron chi connectivity index (χ1n) is 6.55. The Labute approximate surface area is 105 Å². The van der Waals surface area contributed by atoms with Gasteiger partial charge in [0.1, 0.15) is 0 Å². The molecule has 0 aliphatic carbocycles. The summed E-state index contributed by atoms with van der Waals surface area (Å²) in [4.78, 5) is 3.87. The first-order valence-corrected chi connectivity index (χ1v) is 6.55. The minimum atomic E-state index is -0.203. The third-order valence-corrected chi connectivity index (χ3v) is 2.56. The van der Waals surface area contributed by atoms with Crippen LogP contribution in [0.4, 0.5) is 0 Å². The van der Waals surface area contributed by atoms with Crippen molar-refractivity contribution in [1.82, 2.24) is 0 Å². The minimum Gasteiger partial charge on any atom is -0.393 e. The average Bonchev–Trinajstić information content (AvgIpc) is 2.29. The SMILES string of the molecule is CCCCCC[C@@H](O)C/C=C/CCN=C(N)N. The summed E-state index contributed by atoms with van der Waals surface area (Å²) < 4.78 is 0. The second-order valence-electron chi connectivity index (χ2n) is 4.31. The van der Waals surface area contributed by atoms with Gasteiger partial charge in [0.05, 0.1) is 6.10 Å². The summed E-state index contributed by atoms with van der Waals surface area (Å²) in [5, 5.41) is 9.67. The van der Waals surface area contributed by atoms with Gasteiger partial charge >= 0.3 is 0 Å². The second-order valence-corrected chi connectivity index (χ2v) is 4.31. The maximum Gasteiger partial charge on any atom is 0.185 e. The zero-order valence-electron chi connectivity index (χ0n) is 10.9. The van der Waals surface area contributed by atoms with E-state index in [0.29, 0.717) is 6.54 Å². The Kier molecular flexibility index (Phi) is 10.8. The second kappa shape index (κ2) is 11.5. The van der Waals surface area contributed by atoms with Crippen LogP contribution in [0.3, 0.4) is 0 Å². The molecule has 0 spiro atoms. The number of aliphatic hydroxyl groups is 1. The van der Waals surface area contributed by atoms with Gasteiger partial charge in [-0.1, -0.05) is 44.8 Å². The molecule has 0 bridgehead atoms. The van der Waals surface area contributed by atoms with Crippen LogP contribution in [0.2, 0.25) is 0 Å². The van der Waals surface area contributed by atoms with Crippen LogP contribution < -0.4 is 11.5 Å². The van der Waals surface area contributed by atoms with Crippen LogP contribution in [0.5, 0.6) is 0 Å². The van der Waals surface area contributed by atoms with E-state index in [1.54, 1.807) is 0 Å². The van der Waals surface area contributed by atoms with Crippen LogP contribution in [-0.4, -0.2) is 23.7 Å². The van der Waals surface area contributed by atoms with Crippen molar-refractivity contribution in [2.24, 2.45) is 16.5 Å². The van der Waals surface area contributed by atoms with Crippen molar-refractivity contribution in [3.8, 4) is 0 Å². The van der Waals surface area contributed by atoms with Crippen LogP contribution in [0, 0.1) is 0 Å². The molecule has 0 fully saturated rings. The molecule has 5 N–H and O–H groups in total. The van der Waals surface area contributed by atoms with E-state index in [1.807, 2.05) is 12.2 Å². The molecule has 0 unspecified atom stereocenters. The molecule has 1 atom stereocenters. The van der Waals surface area contributed by atoms with Gasteiger partial charge in [-0.25, -0.2) is 0 Å². The van der Waals surface area contributed by atoms with Crippen LogP contribution in [0.15, 0.2) is 17.1 Å². The summed E-state index contributed by atoms with van der Waals surface area (Å²) in [5.74, 6) is 0.134. The molecule has 17 heavy (non-hydrogen) atoms. The molecule has 0 aliphatic heterocycles. The molecule has 0 aromatic rings. The average molecular weight is 241 g/mol. The van der Waals surface area contributed by atoms with Crippen molar-refractivity contribution in [3.63, 3.8) is 0 Å². The Bertz CT molecular complexity index is 223. The predicted molar refractivity (Wildman–Crippen MR) is 73.8 cm³/mol. The molecule has 0 saturated carbocycles. The number of aliphatic imine (C=N–C) groups is 1. The molecule has 0 radical (unpaired) electrons. The highest BCUT2D eigenvalue weighted by Crippen LogP contribution is 2.08. The molecular formula is C13H27N3O. The van der Waals surface area contributed by atoms with Crippen molar-refractivity contribution < 1.29 is 5.11 Å². The Balaban J connectivity index is 3.39. The monoisotopic (exact) mass is 241 g/mol. The molecule has 0 aliphatic rings. The van der Waals surface area contributed by atoms with Crippen LogP contribution in [0.1, 0.15) is 51.9 Å². The van der Waals surface area contributed by atoms with Crippen molar-refractivity contribution in [2.75, 3.05) is 6.54 Å². The summed E-state index contributed by atoms with van der Waals surface area (Å²) in [5.41, 5.74) is 10.4. The van der Waals surface area contributed by atoms with Gasteiger partial charge < -0.3 is 16.6 Å². The molecule has 0 saturated heterocycles. The Morgan fingerprint density at radius 3 is 2.65 bits per heavy atom. The number of hydrogen-bond acceptors (Lipinski definition) is 2.